The number of amides is 2. The number of hydrogen-bond donors (Lipinski definition) is 2. The van der Waals surface area contributed by atoms with Crippen molar-refractivity contribution in [2.75, 3.05) is 13.2 Å². The average Bonchev–Trinajstić information content (AvgIpc) is 2.37. The SMILES string of the molecule is NC(=O)CNC(=O)COC(=O)c1cc(F)c(Cl)cc1Cl. The molecule has 6 nitrogen and oxygen atoms in total. The van der Waals surface area contributed by atoms with Crippen LogP contribution in [0.25, 0.3) is 0 Å². The molecule has 1 aromatic carbocycles. The largest absolute Gasteiger partial charge is 0.452 e. The fourth-order valence-electron chi connectivity index (χ4n) is 1.12. The van der Waals surface area contributed by atoms with Gasteiger partial charge in [0.1, 0.15) is 5.82 Å². The van der Waals surface area contributed by atoms with Crippen LogP contribution in [-0.2, 0) is 14.3 Å². The molecule has 0 unspecified atom stereocenters. The Balaban J connectivity index is 2.61. The molecule has 0 saturated carbocycles. The summed E-state index contributed by atoms with van der Waals surface area (Å²) >= 11 is 11.2. The highest BCUT2D eigenvalue weighted by Gasteiger charge is 2.16. The molecule has 1 aromatic rings. The first-order valence-corrected chi connectivity index (χ1v) is 5.93. The van der Waals surface area contributed by atoms with Crippen LogP contribution in [0.1, 0.15) is 10.4 Å². The van der Waals surface area contributed by atoms with Gasteiger partial charge in [0.05, 0.1) is 22.2 Å². The Bertz CT molecular complexity index is 566. The third-order valence-electron chi connectivity index (χ3n) is 2.02. The summed E-state index contributed by atoms with van der Waals surface area (Å²) in [4.78, 5) is 33.2. The number of nitrogens with two attached hydrogens (primary N) is 1. The molecule has 0 aliphatic heterocycles. The molecule has 0 atom stereocenters. The Morgan fingerprint density at radius 3 is 2.50 bits per heavy atom. The average molecular weight is 323 g/mol. The van der Waals surface area contributed by atoms with Crippen molar-refractivity contribution in [3.8, 4) is 0 Å². The first-order valence-electron chi connectivity index (χ1n) is 5.18. The molecule has 108 valence electrons. The molecule has 0 bridgehead atoms. The van der Waals surface area contributed by atoms with Crippen LogP contribution in [0, 0.1) is 5.82 Å². The second-order valence-corrected chi connectivity index (χ2v) is 4.38. The number of ether oxygens (including phenoxy) is 1. The summed E-state index contributed by atoms with van der Waals surface area (Å²) in [7, 11) is 0. The van der Waals surface area contributed by atoms with Crippen molar-refractivity contribution < 1.29 is 23.5 Å². The summed E-state index contributed by atoms with van der Waals surface area (Å²) < 4.78 is 17.8. The maximum absolute atomic E-state index is 13.2. The number of rotatable bonds is 5. The van der Waals surface area contributed by atoms with Crippen molar-refractivity contribution in [1.82, 2.24) is 5.32 Å². The quantitative estimate of drug-likeness (QED) is 0.621. The number of primary amides is 1. The Labute approximate surface area is 123 Å². The minimum Gasteiger partial charge on any atom is -0.452 e. The molecule has 0 aliphatic carbocycles. The topological polar surface area (TPSA) is 98.5 Å². The molecular formula is C11H9Cl2FN2O4. The summed E-state index contributed by atoms with van der Waals surface area (Å²) in [5.41, 5.74) is 4.54. The van der Waals surface area contributed by atoms with Crippen molar-refractivity contribution in [3.63, 3.8) is 0 Å². The van der Waals surface area contributed by atoms with E-state index in [4.69, 9.17) is 28.9 Å². The number of benzene rings is 1. The van der Waals surface area contributed by atoms with Gasteiger partial charge in [-0.05, 0) is 12.1 Å². The normalized spacial score (nSPS) is 9.95. The molecule has 0 heterocycles. The zero-order valence-corrected chi connectivity index (χ0v) is 11.4. The van der Waals surface area contributed by atoms with Crippen molar-refractivity contribution in [2.24, 2.45) is 5.73 Å². The third-order valence-corrected chi connectivity index (χ3v) is 2.63. The molecule has 2 amide bonds. The van der Waals surface area contributed by atoms with E-state index in [1.807, 2.05) is 0 Å². The van der Waals surface area contributed by atoms with Gasteiger partial charge in [-0.1, -0.05) is 23.2 Å². The van der Waals surface area contributed by atoms with Crippen LogP contribution in [0.5, 0.6) is 0 Å². The summed E-state index contributed by atoms with van der Waals surface area (Å²) in [6.07, 6.45) is 0. The van der Waals surface area contributed by atoms with Gasteiger partial charge in [0.2, 0.25) is 5.91 Å². The molecule has 0 aliphatic rings. The second kappa shape index (κ2) is 7.06. The van der Waals surface area contributed by atoms with Gasteiger partial charge in [0.15, 0.2) is 6.61 Å². The van der Waals surface area contributed by atoms with Crippen LogP contribution in [0.4, 0.5) is 4.39 Å². The lowest BCUT2D eigenvalue weighted by Crippen LogP contribution is -2.36. The highest BCUT2D eigenvalue weighted by molar-refractivity contribution is 6.36. The molecule has 0 spiro atoms. The molecule has 9 heteroatoms. The molecular weight excluding hydrogens is 314 g/mol. The first-order chi connectivity index (χ1) is 9.31. The predicted octanol–water partition coefficient (Wildman–Crippen LogP) is 0.891. The predicted molar refractivity (Wildman–Crippen MR) is 68.9 cm³/mol. The molecule has 20 heavy (non-hydrogen) atoms. The van der Waals surface area contributed by atoms with Gasteiger partial charge < -0.3 is 15.8 Å². The van der Waals surface area contributed by atoms with Gasteiger partial charge in [-0.15, -0.1) is 0 Å². The zero-order chi connectivity index (χ0) is 15.3. The van der Waals surface area contributed by atoms with Crippen LogP contribution in [0.15, 0.2) is 12.1 Å². The Hall–Kier alpha value is -1.86. The number of carbonyl (C=O) groups excluding carboxylic acids is 3. The highest BCUT2D eigenvalue weighted by atomic mass is 35.5. The van der Waals surface area contributed by atoms with E-state index < -0.39 is 30.2 Å². The van der Waals surface area contributed by atoms with Crippen molar-refractivity contribution in [3.05, 3.63) is 33.6 Å². The fourth-order valence-corrected chi connectivity index (χ4v) is 1.58. The standard InChI is InChI=1S/C11H9Cl2FN2O4/c12-6-2-7(13)8(14)1-5(6)11(19)20-4-10(18)16-3-9(15)17/h1-2H,3-4H2,(H2,15,17)(H,16,18). The Kier molecular flexibility index (Phi) is 5.72. The summed E-state index contributed by atoms with van der Waals surface area (Å²) in [6.45, 7) is -1.04. The first kappa shape index (κ1) is 16.2. The number of halogens is 3. The van der Waals surface area contributed by atoms with E-state index in [9.17, 15) is 18.8 Å². The van der Waals surface area contributed by atoms with E-state index in [0.29, 0.717) is 0 Å². The highest BCUT2D eigenvalue weighted by Crippen LogP contribution is 2.24. The Morgan fingerprint density at radius 1 is 1.25 bits per heavy atom. The summed E-state index contributed by atoms with van der Waals surface area (Å²) in [5, 5.41) is 1.75. The molecule has 0 radical (unpaired) electrons. The van der Waals surface area contributed by atoms with Crippen LogP contribution in [-0.4, -0.2) is 30.9 Å². The van der Waals surface area contributed by atoms with E-state index in [1.54, 1.807) is 0 Å². The molecule has 0 aromatic heterocycles. The number of nitrogens with one attached hydrogen (secondary N) is 1. The fraction of sp³-hybridized carbons (Fsp3) is 0.182. The van der Waals surface area contributed by atoms with E-state index in [1.165, 1.54) is 0 Å². The van der Waals surface area contributed by atoms with Gasteiger partial charge in [0, 0.05) is 0 Å². The van der Waals surface area contributed by atoms with Crippen LogP contribution in [0.3, 0.4) is 0 Å². The minimum absolute atomic E-state index is 0.112. The van der Waals surface area contributed by atoms with E-state index in [-0.39, 0.29) is 22.2 Å². The maximum atomic E-state index is 13.2. The second-order valence-electron chi connectivity index (χ2n) is 3.57. The Morgan fingerprint density at radius 2 is 1.90 bits per heavy atom. The summed E-state index contributed by atoms with van der Waals surface area (Å²) in [6, 6.07) is 1.84. The molecule has 0 fully saturated rings. The monoisotopic (exact) mass is 322 g/mol. The van der Waals surface area contributed by atoms with Crippen LogP contribution >= 0.6 is 23.2 Å². The van der Waals surface area contributed by atoms with Crippen LogP contribution in [0.2, 0.25) is 10.0 Å². The lowest BCUT2D eigenvalue weighted by atomic mass is 10.2. The van der Waals surface area contributed by atoms with Gasteiger partial charge in [-0.25, -0.2) is 9.18 Å². The van der Waals surface area contributed by atoms with E-state index >= 15 is 0 Å². The molecule has 3 N–H and O–H groups in total. The zero-order valence-electron chi connectivity index (χ0n) is 9.91. The van der Waals surface area contributed by atoms with Crippen LogP contribution < -0.4 is 11.1 Å². The number of carbonyl (C=O) groups is 3. The van der Waals surface area contributed by atoms with Crippen molar-refractivity contribution in [1.29, 1.82) is 0 Å². The van der Waals surface area contributed by atoms with Crippen molar-refractivity contribution in [2.45, 2.75) is 0 Å². The van der Waals surface area contributed by atoms with Gasteiger partial charge in [-0.3, -0.25) is 9.59 Å². The minimum atomic E-state index is -1.00. The third kappa shape index (κ3) is 4.67. The smallest absolute Gasteiger partial charge is 0.340 e. The van der Waals surface area contributed by atoms with E-state index in [2.05, 4.69) is 10.1 Å². The van der Waals surface area contributed by atoms with Gasteiger partial charge in [0.25, 0.3) is 5.91 Å². The lowest BCUT2D eigenvalue weighted by molar-refractivity contribution is -0.127. The number of esters is 1. The maximum Gasteiger partial charge on any atom is 0.340 e. The van der Waals surface area contributed by atoms with Gasteiger partial charge >= 0.3 is 5.97 Å². The summed E-state index contributed by atoms with van der Waals surface area (Å²) in [5.74, 6) is -3.32. The lowest BCUT2D eigenvalue weighted by Gasteiger charge is -2.07. The van der Waals surface area contributed by atoms with E-state index in [0.717, 1.165) is 12.1 Å². The van der Waals surface area contributed by atoms with Crippen molar-refractivity contribution >= 4 is 41.0 Å². The molecule has 1 rings (SSSR count). The van der Waals surface area contributed by atoms with Gasteiger partial charge in [-0.2, -0.15) is 0 Å². The molecule has 0 saturated heterocycles. The number of hydrogen-bond acceptors (Lipinski definition) is 4.